The molecule has 1 amide bonds. The molecule has 4 heteroatoms. The molecule has 0 unspecified atom stereocenters. The van der Waals surface area contributed by atoms with E-state index in [1.807, 2.05) is 20.8 Å². The Hall–Kier alpha value is -0.440. The van der Waals surface area contributed by atoms with Gasteiger partial charge in [0.1, 0.15) is 5.60 Å². The highest BCUT2D eigenvalue weighted by molar-refractivity contribution is 6.18. The van der Waals surface area contributed by atoms with Crippen molar-refractivity contribution < 1.29 is 9.53 Å². The van der Waals surface area contributed by atoms with Crippen LogP contribution >= 0.6 is 11.6 Å². The van der Waals surface area contributed by atoms with Gasteiger partial charge in [0.05, 0.1) is 0 Å². The van der Waals surface area contributed by atoms with Gasteiger partial charge in [0, 0.05) is 18.5 Å². The number of hydrogen-bond acceptors (Lipinski definition) is 2. The number of hydrogen-bond donors (Lipinski definition) is 0. The third-order valence-corrected chi connectivity index (χ3v) is 2.54. The Kier molecular flexibility index (Phi) is 3.65. The molecule has 1 rings (SSSR count). The summed E-state index contributed by atoms with van der Waals surface area (Å²) in [7, 11) is 0. The molecule has 0 spiro atoms. The van der Waals surface area contributed by atoms with E-state index in [0.717, 1.165) is 19.4 Å². The zero-order valence-electron chi connectivity index (χ0n) is 9.05. The van der Waals surface area contributed by atoms with Crippen molar-refractivity contribution >= 4 is 17.7 Å². The van der Waals surface area contributed by atoms with Gasteiger partial charge in [-0.3, -0.25) is 0 Å². The highest BCUT2D eigenvalue weighted by atomic mass is 35.5. The number of halogens is 1. The number of carbonyl (C=O) groups is 1. The Bertz CT molecular complexity index is 213. The molecule has 1 saturated heterocycles. The summed E-state index contributed by atoms with van der Waals surface area (Å²) in [6, 6.07) is 0.159. The minimum absolute atomic E-state index is 0.159. The standard InChI is InChI=1S/C10H18ClNO2/c1-10(2,3)14-9(13)12-6-4-5-8(12)7-11/h8H,4-7H2,1-3H3/t8-/m0/s1. The Balaban J connectivity index is 2.52. The fraction of sp³-hybridized carbons (Fsp3) is 0.900. The molecular formula is C10H18ClNO2. The van der Waals surface area contributed by atoms with E-state index >= 15 is 0 Å². The van der Waals surface area contributed by atoms with Gasteiger partial charge >= 0.3 is 6.09 Å². The van der Waals surface area contributed by atoms with Crippen LogP contribution in [0.1, 0.15) is 33.6 Å². The summed E-state index contributed by atoms with van der Waals surface area (Å²) in [6.07, 6.45) is 1.78. The molecule has 14 heavy (non-hydrogen) atoms. The number of likely N-dealkylation sites (tertiary alicyclic amines) is 1. The molecule has 0 bridgehead atoms. The molecule has 1 fully saturated rings. The Morgan fingerprint density at radius 2 is 2.21 bits per heavy atom. The fourth-order valence-corrected chi connectivity index (χ4v) is 1.88. The summed E-state index contributed by atoms with van der Waals surface area (Å²) in [6.45, 7) is 6.39. The first-order chi connectivity index (χ1) is 6.44. The van der Waals surface area contributed by atoms with E-state index < -0.39 is 5.60 Å². The molecule has 0 N–H and O–H groups in total. The minimum Gasteiger partial charge on any atom is -0.444 e. The molecule has 0 aromatic heterocycles. The van der Waals surface area contributed by atoms with Crippen molar-refractivity contribution in [1.29, 1.82) is 0 Å². The van der Waals surface area contributed by atoms with Crippen LogP contribution in [0.5, 0.6) is 0 Å². The Morgan fingerprint density at radius 1 is 1.57 bits per heavy atom. The Morgan fingerprint density at radius 3 is 2.71 bits per heavy atom. The van der Waals surface area contributed by atoms with Crippen LogP contribution in [0.2, 0.25) is 0 Å². The molecule has 1 atom stereocenters. The van der Waals surface area contributed by atoms with Crippen LogP contribution in [0.25, 0.3) is 0 Å². The quantitative estimate of drug-likeness (QED) is 0.635. The number of nitrogens with zero attached hydrogens (tertiary/aromatic N) is 1. The average molecular weight is 220 g/mol. The van der Waals surface area contributed by atoms with Crippen LogP contribution in [0.3, 0.4) is 0 Å². The van der Waals surface area contributed by atoms with Crippen LogP contribution in [-0.4, -0.2) is 35.1 Å². The predicted octanol–water partition coefficient (Wildman–Crippen LogP) is 2.62. The Labute approximate surface area is 90.4 Å². The number of alkyl halides is 1. The smallest absolute Gasteiger partial charge is 0.410 e. The summed E-state index contributed by atoms with van der Waals surface area (Å²) in [4.78, 5) is 13.4. The molecule has 0 aliphatic carbocycles. The molecule has 1 aliphatic heterocycles. The van der Waals surface area contributed by atoms with Gasteiger partial charge in [-0.1, -0.05) is 0 Å². The second-order valence-electron chi connectivity index (χ2n) is 4.62. The first-order valence-corrected chi connectivity index (χ1v) is 5.53. The zero-order chi connectivity index (χ0) is 10.8. The largest absolute Gasteiger partial charge is 0.444 e. The number of ether oxygens (including phenoxy) is 1. The van der Waals surface area contributed by atoms with E-state index in [4.69, 9.17) is 16.3 Å². The molecule has 0 aromatic carbocycles. The highest BCUT2D eigenvalue weighted by Crippen LogP contribution is 2.21. The summed E-state index contributed by atoms with van der Waals surface area (Å²) in [5.41, 5.74) is -0.420. The average Bonchev–Trinajstić information content (AvgIpc) is 2.47. The topological polar surface area (TPSA) is 29.5 Å². The van der Waals surface area contributed by atoms with E-state index in [1.165, 1.54) is 0 Å². The lowest BCUT2D eigenvalue weighted by Gasteiger charge is -2.27. The van der Waals surface area contributed by atoms with E-state index in [1.54, 1.807) is 4.90 Å². The van der Waals surface area contributed by atoms with Crippen molar-refractivity contribution in [2.75, 3.05) is 12.4 Å². The van der Waals surface area contributed by atoms with Gasteiger partial charge in [0.25, 0.3) is 0 Å². The van der Waals surface area contributed by atoms with Crippen molar-refractivity contribution in [3.8, 4) is 0 Å². The van der Waals surface area contributed by atoms with E-state index in [9.17, 15) is 4.79 Å². The number of carbonyl (C=O) groups excluding carboxylic acids is 1. The van der Waals surface area contributed by atoms with Crippen LogP contribution < -0.4 is 0 Å². The molecule has 0 radical (unpaired) electrons. The molecular weight excluding hydrogens is 202 g/mol. The maximum Gasteiger partial charge on any atom is 0.410 e. The van der Waals surface area contributed by atoms with Gasteiger partial charge < -0.3 is 9.64 Å². The molecule has 1 aliphatic rings. The van der Waals surface area contributed by atoms with Gasteiger partial charge in [0.15, 0.2) is 0 Å². The van der Waals surface area contributed by atoms with Crippen LogP contribution in [0.15, 0.2) is 0 Å². The first kappa shape index (κ1) is 11.6. The van der Waals surface area contributed by atoms with Crippen molar-refractivity contribution in [3.05, 3.63) is 0 Å². The first-order valence-electron chi connectivity index (χ1n) is 4.99. The molecule has 1 heterocycles. The van der Waals surface area contributed by atoms with Crippen molar-refractivity contribution in [1.82, 2.24) is 4.90 Å². The molecule has 82 valence electrons. The van der Waals surface area contributed by atoms with E-state index in [2.05, 4.69) is 0 Å². The van der Waals surface area contributed by atoms with Crippen molar-refractivity contribution in [3.63, 3.8) is 0 Å². The third kappa shape index (κ3) is 3.05. The number of rotatable bonds is 1. The van der Waals surface area contributed by atoms with E-state index in [-0.39, 0.29) is 12.1 Å². The van der Waals surface area contributed by atoms with Gasteiger partial charge in [-0.2, -0.15) is 0 Å². The SMILES string of the molecule is CC(C)(C)OC(=O)N1CCC[C@H]1CCl. The van der Waals surface area contributed by atoms with E-state index in [0.29, 0.717) is 5.88 Å². The lowest BCUT2D eigenvalue weighted by atomic mass is 10.2. The van der Waals surface area contributed by atoms with Crippen LogP contribution in [-0.2, 0) is 4.74 Å². The predicted molar refractivity (Wildman–Crippen MR) is 56.7 cm³/mol. The summed E-state index contributed by atoms with van der Waals surface area (Å²) in [5.74, 6) is 0.499. The van der Waals surface area contributed by atoms with Gasteiger partial charge in [-0.15, -0.1) is 11.6 Å². The summed E-state index contributed by atoms with van der Waals surface area (Å²) < 4.78 is 5.28. The normalized spacial score (nSPS) is 22.6. The zero-order valence-corrected chi connectivity index (χ0v) is 9.80. The summed E-state index contributed by atoms with van der Waals surface area (Å²) >= 11 is 5.77. The molecule has 0 saturated carbocycles. The maximum absolute atomic E-state index is 11.7. The van der Waals surface area contributed by atoms with Crippen LogP contribution in [0.4, 0.5) is 4.79 Å². The third-order valence-electron chi connectivity index (χ3n) is 2.18. The van der Waals surface area contributed by atoms with Crippen LogP contribution in [0, 0.1) is 0 Å². The van der Waals surface area contributed by atoms with Gasteiger partial charge in [-0.25, -0.2) is 4.79 Å². The van der Waals surface area contributed by atoms with Gasteiger partial charge in [0.2, 0.25) is 0 Å². The highest BCUT2D eigenvalue weighted by Gasteiger charge is 2.31. The molecule has 0 aromatic rings. The van der Waals surface area contributed by atoms with Crippen molar-refractivity contribution in [2.24, 2.45) is 0 Å². The van der Waals surface area contributed by atoms with Crippen molar-refractivity contribution in [2.45, 2.75) is 45.3 Å². The lowest BCUT2D eigenvalue weighted by Crippen LogP contribution is -2.40. The summed E-state index contributed by atoms with van der Waals surface area (Å²) in [5, 5.41) is 0. The minimum atomic E-state index is -0.420. The number of amides is 1. The monoisotopic (exact) mass is 219 g/mol. The van der Waals surface area contributed by atoms with Gasteiger partial charge in [-0.05, 0) is 33.6 Å². The molecule has 3 nitrogen and oxygen atoms in total. The fourth-order valence-electron chi connectivity index (χ4n) is 1.56. The lowest BCUT2D eigenvalue weighted by molar-refractivity contribution is 0.0241. The maximum atomic E-state index is 11.7. The second kappa shape index (κ2) is 4.39. The second-order valence-corrected chi connectivity index (χ2v) is 4.93.